The van der Waals surface area contributed by atoms with Gasteiger partial charge in [-0.2, -0.15) is 5.10 Å². The van der Waals surface area contributed by atoms with Gasteiger partial charge in [-0.1, -0.05) is 37.9 Å². The van der Waals surface area contributed by atoms with Crippen molar-refractivity contribution in [1.29, 1.82) is 0 Å². The van der Waals surface area contributed by atoms with Crippen molar-refractivity contribution in [2.45, 2.75) is 59.8 Å². The van der Waals surface area contributed by atoms with E-state index in [4.69, 9.17) is 16.7 Å². The number of nitrogens with zero attached hydrogens (tertiary/aromatic N) is 4. The molecule has 0 aliphatic carbocycles. The minimum absolute atomic E-state index is 0.823. The van der Waals surface area contributed by atoms with Gasteiger partial charge in [-0.15, -0.1) is 0 Å². The zero-order chi connectivity index (χ0) is 19.6. The van der Waals surface area contributed by atoms with E-state index in [-0.39, 0.29) is 0 Å². The number of aryl methyl sites for hydroxylation is 3. The molecule has 1 aliphatic heterocycles. The number of fused-ring (bicyclic) bond motifs is 1. The van der Waals surface area contributed by atoms with Gasteiger partial charge in [0, 0.05) is 32.2 Å². The maximum atomic E-state index is 6.68. The van der Waals surface area contributed by atoms with Crippen LogP contribution in [0.3, 0.4) is 0 Å². The number of hydrogen-bond acceptors (Lipinski definition) is 3. The molecule has 4 nitrogen and oxygen atoms in total. The fraction of sp³-hybridized carbons (Fsp3) is 0.591. The lowest BCUT2D eigenvalue weighted by atomic mass is 10.0. The van der Waals surface area contributed by atoms with E-state index in [9.17, 15) is 0 Å². The first-order valence-electron chi connectivity index (χ1n) is 10.3. The molecule has 0 spiro atoms. The molecule has 2 aromatic rings. The molecule has 0 amide bonds. The van der Waals surface area contributed by atoms with Crippen molar-refractivity contribution in [1.82, 2.24) is 9.78 Å². The van der Waals surface area contributed by atoms with Gasteiger partial charge in [0.15, 0.2) is 5.82 Å². The van der Waals surface area contributed by atoms with Gasteiger partial charge in [0.2, 0.25) is 0 Å². The molecule has 0 unspecified atom stereocenters. The fourth-order valence-electron chi connectivity index (χ4n) is 4.31. The van der Waals surface area contributed by atoms with E-state index in [1.807, 2.05) is 0 Å². The molecular formula is C22H33ClN4. The molecule has 148 valence electrons. The van der Waals surface area contributed by atoms with Gasteiger partial charge < -0.3 is 9.80 Å². The van der Waals surface area contributed by atoms with E-state index in [0.29, 0.717) is 0 Å². The zero-order valence-corrected chi connectivity index (χ0v) is 18.2. The normalized spacial score (nSPS) is 13.8. The number of halogens is 1. The molecule has 1 aromatic carbocycles. The van der Waals surface area contributed by atoms with Crippen molar-refractivity contribution in [2.24, 2.45) is 7.05 Å². The van der Waals surface area contributed by atoms with Crippen molar-refractivity contribution in [2.75, 3.05) is 29.4 Å². The summed E-state index contributed by atoms with van der Waals surface area (Å²) in [6.45, 7) is 11.9. The molecule has 3 rings (SSSR count). The number of benzene rings is 1. The summed E-state index contributed by atoms with van der Waals surface area (Å²) in [4.78, 5) is 4.87. The van der Waals surface area contributed by atoms with Crippen LogP contribution >= 0.6 is 11.6 Å². The molecule has 0 N–H and O–H groups in total. The Labute approximate surface area is 169 Å². The third-order valence-electron chi connectivity index (χ3n) is 5.40. The SMILES string of the molecule is CCCCN(CCC)c1c2c(nn1C)N(c1c(C)cc(C)cc1Cl)CCC2. The van der Waals surface area contributed by atoms with Crippen molar-refractivity contribution in [3.63, 3.8) is 0 Å². The summed E-state index contributed by atoms with van der Waals surface area (Å²) in [5, 5.41) is 5.79. The highest BCUT2D eigenvalue weighted by molar-refractivity contribution is 6.33. The monoisotopic (exact) mass is 388 g/mol. The highest BCUT2D eigenvalue weighted by Gasteiger charge is 2.29. The summed E-state index contributed by atoms with van der Waals surface area (Å²) >= 11 is 6.68. The van der Waals surface area contributed by atoms with Crippen molar-refractivity contribution in [3.05, 3.63) is 33.8 Å². The average Bonchev–Trinajstić information content (AvgIpc) is 2.94. The first-order chi connectivity index (χ1) is 13.0. The standard InChI is InChI=1S/C22H33ClN4/c1-6-8-12-26(11-7-2)22-18-10-9-13-27(21(18)24-25(22)5)20-17(4)14-16(3)15-19(20)23/h14-15H,6-13H2,1-5H3. The van der Waals surface area contributed by atoms with Crippen LogP contribution in [0.2, 0.25) is 5.02 Å². The second kappa shape index (κ2) is 8.55. The molecule has 0 atom stereocenters. The molecule has 27 heavy (non-hydrogen) atoms. The topological polar surface area (TPSA) is 24.3 Å². The molecular weight excluding hydrogens is 356 g/mol. The third-order valence-corrected chi connectivity index (χ3v) is 5.69. The number of unbranched alkanes of at least 4 members (excludes halogenated alkanes) is 1. The van der Waals surface area contributed by atoms with Gasteiger partial charge in [-0.3, -0.25) is 4.68 Å². The number of anilines is 3. The molecule has 0 radical (unpaired) electrons. The maximum Gasteiger partial charge on any atom is 0.160 e. The van der Waals surface area contributed by atoms with Crippen molar-refractivity contribution in [3.8, 4) is 0 Å². The lowest BCUT2D eigenvalue weighted by Gasteiger charge is -2.31. The Morgan fingerprint density at radius 2 is 1.93 bits per heavy atom. The Morgan fingerprint density at radius 3 is 2.59 bits per heavy atom. The van der Waals surface area contributed by atoms with Crippen LogP contribution in [0.15, 0.2) is 12.1 Å². The Kier molecular flexibility index (Phi) is 6.36. The van der Waals surface area contributed by atoms with E-state index in [0.717, 1.165) is 55.4 Å². The maximum absolute atomic E-state index is 6.68. The van der Waals surface area contributed by atoms with Crippen LogP contribution in [0.1, 0.15) is 56.2 Å². The summed E-state index contributed by atoms with van der Waals surface area (Å²) in [6.07, 6.45) is 5.79. The van der Waals surface area contributed by atoms with E-state index in [1.165, 1.54) is 35.3 Å². The van der Waals surface area contributed by atoms with E-state index in [1.54, 1.807) is 0 Å². The first-order valence-corrected chi connectivity index (χ1v) is 10.7. The average molecular weight is 389 g/mol. The van der Waals surface area contributed by atoms with Crippen LogP contribution < -0.4 is 9.80 Å². The Hall–Kier alpha value is -1.68. The van der Waals surface area contributed by atoms with Gasteiger partial charge in [0.1, 0.15) is 5.82 Å². The van der Waals surface area contributed by atoms with Crippen molar-refractivity contribution >= 4 is 28.9 Å². The molecule has 0 bridgehead atoms. The first kappa shape index (κ1) is 20.1. The van der Waals surface area contributed by atoms with Crippen LogP contribution in [0, 0.1) is 13.8 Å². The highest BCUT2D eigenvalue weighted by Crippen LogP contribution is 2.42. The Bertz CT molecular complexity index is 773. The molecule has 1 aromatic heterocycles. The van der Waals surface area contributed by atoms with Crippen molar-refractivity contribution < 1.29 is 0 Å². The number of hydrogen-bond donors (Lipinski definition) is 0. The van der Waals surface area contributed by atoms with Gasteiger partial charge in [0.05, 0.1) is 10.7 Å². The van der Waals surface area contributed by atoms with Crippen LogP contribution in [0.5, 0.6) is 0 Å². The van der Waals surface area contributed by atoms with E-state index < -0.39 is 0 Å². The smallest absolute Gasteiger partial charge is 0.160 e. The summed E-state index contributed by atoms with van der Waals surface area (Å²) in [5.74, 6) is 2.39. The molecule has 2 heterocycles. The second-order valence-electron chi connectivity index (χ2n) is 7.76. The Balaban J connectivity index is 2.05. The second-order valence-corrected chi connectivity index (χ2v) is 8.16. The molecule has 5 heteroatoms. The summed E-state index contributed by atoms with van der Waals surface area (Å²) < 4.78 is 2.09. The Morgan fingerprint density at radius 1 is 1.15 bits per heavy atom. The number of aromatic nitrogens is 2. The predicted octanol–water partition coefficient (Wildman–Crippen LogP) is 5.79. The fourth-order valence-corrected chi connectivity index (χ4v) is 4.73. The van der Waals surface area contributed by atoms with Crippen LogP contribution in [0.4, 0.5) is 17.3 Å². The molecule has 0 fully saturated rings. The van der Waals surface area contributed by atoms with Gasteiger partial charge in [-0.25, -0.2) is 0 Å². The minimum atomic E-state index is 0.823. The van der Waals surface area contributed by atoms with Crippen LogP contribution in [0.25, 0.3) is 0 Å². The van der Waals surface area contributed by atoms with Gasteiger partial charge >= 0.3 is 0 Å². The summed E-state index contributed by atoms with van der Waals surface area (Å²) in [6, 6.07) is 4.27. The highest BCUT2D eigenvalue weighted by atomic mass is 35.5. The van der Waals surface area contributed by atoms with E-state index in [2.05, 4.69) is 61.4 Å². The number of rotatable bonds is 7. The van der Waals surface area contributed by atoms with Crippen LogP contribution in [-0.4, -0.2) is 29.4 Å². The largest absolute Gasteiger partial charge is 0.357 e. The van der Waals surface area contributed by atoms with Gasteiger partial charge in [0.25, 0.3) is 0 Å². The van der Waals surface area contributed by atoms with Crippen LogP contribution in [-0.2, 0) is 13.5 Å². The van der Waals surface area contributed by atoms with E-state index >= 15 is 0 Å². The predicted molar refractivity (Wildman–Crippen MR) is 117 cm³/mol. The summed E-state index contributed by atoms with van der Waals surface area (Å²) in [7, 11) is 2.09. The quantitative estimate of drug-likeness (QED) is 0.599. The minimum Gasteiger partial charge on any atom is -0.357 e. The lowest BCUT2D eigenvalue weighted by Crippen LogP contribution is -2.29. The molecule has 1 aliphatic rings. The van der Waals surface area contributed by atoms with Gasteiger partial charge in [-0.05, 0) is 56.7 Å². The lowest BCUT2D eigenvalue weighted by molar-refractivity contribution is 0.658. The molecule has 0 saturated heterocycles. The molecule has 0 saturated carbocycles. The zero-order valence-electron chi connectivity index (χ0n) is 17.5. The summed E-state index contributed by atoms with van der Waals surface area (Å²) in [5.41, 5.74) is 4.91. The third kappa shape index (κ3) is 3.96.